The van der Waals surface area contributed by atoms with Gasteiger partial charge in [-0.1, -0.05) is 18.7 Å². The molecule has 0 N–H and O–H groups in total. The van der Waals surface area contributed by atoms with E-state index in [1.807, 2.05) is 47.5 Å². The van der Waals surface area contributed by atoms with Gasteiger partial charge in [-0.05, 0) is 46.3 Å². The summed E-state index contributed by atoms with van der Waals surface area (Å²) in [4.78, 5) is 15.8. The molecule has 1 aliphatic heterocycles. The minimum absolute atomic E-state index is 0.0162. The van der Waals surface area contributed by atoms with Crippen LogP contribution >= 0.6 is 15.9 Å². The van der Waals surface area contributed by atoms with Gasteiger partial charge in [-0.2, -0.15) is 10.4 Å². The summed E-state index contributed by atoms with van der Waals surface area (Å²) in [5.41, 5.74) is 4.03. The number of hydrogen-bond acceptors (Lipinski definition) is 4. The van der Waals surface area contributed by atoms with Gasteiger partial charge in [0.15, 0.2) is 0 Å². The van der Waals surface area contributed by atoms with Crippen molar-refractivity contribution in [1.29, 1.82) is 5.26 Å². The summed E-state index contributed by atoms with van der Waals surface area (Å²) in [5.74, 6) is -0.0162. The van der Waals surface area contributed by atoms with Crippen LogP contribution in [0.15, 0.2) is 59.7 Å². The van der Waals surface area contributed by atoms with E-state index in [4.69, 9.17) is 0 Å². The van der Waals surface area contributed by atoms with E-state index in [0.717, 1.165) is 34.3 Å². The van der Waals surface area contributed by atoms with E-state index in [1.54, 1.807) is 4.52 Å². The minimum atomic E-state index is -0.0162. The lowest BCUT2D eigenvalue weighted by Crippen LogP contribution is -2.48. The molecule has 140 valence electrons. The van der Waals surface area contributed by atoms with Gasteiger partial charge >= 0.3 is 0 Å². The number of hydrogen-bond donors (Lipinski definition) is 0. The fraction of sp³-hybridized carbons (Fsp3) is 0.190. The first kappa shape index (κ1) is 18.3. The lowest BCUT2D eigenvalue weighted by atomic mass is 10.1. The monoisotopic (exact) mass is 435 g/mol. The van der Waals surface area contributed by atoms with Gasteiger partial charge in [0.2, 0.25) is 5.91 Å². The molecular formula is C21H18BrN5O. The molecule has 0 radical (unpaired) electrons. The fourth-order valence-electron chi connectivity index (χ4n) is 3.48. The highest BCUT2D eigenvalue weighted by Gasteiger charge is 2.20. The summed E-state index contributed by atoms with van der Waals surface area (Å²) < 4.78 is 2.63. The summed E-state index contributed by atoms with van der Waals surface area (Å²) in [7, 11) is 0. The van der Waals surface area contributed by atoms with E-state index in [2.05, 4.69) is 38.6 Å². The third kappa shape index (κ3) is 3.27. The Hall–Kier alpha value is -3.11. The van der Waals surface area contributed by atoms with Gasteiger partial charge in [-0.15, -0.1) is 0 Å². The molecule has 1 aliphatic rings. The van der Waals surface area contributed by atoms with Crippen LogP contribution in [-0.2, 0) is 4.79 Å². The third-order valence-corrected chi connectivity index (χ3v) is 5.45. The summed E-state index contributed by atoms with van der Waals surface area (Å²) in [6, 6.07) is 14.1. The van der Waals surface area contributed by atoms with Crippen LogP contribution < -0.4 is 4.90 Å². The summed E-state index contributed by atoms with van der Waals surface area (Å²) >= 11 is 3.44. The highest BCUT2D eigenvalue weighted by atomic mass is 79.9. The molecule has 1 fully saturated rings. The SMILES string of the molecule is C=CC(=O)N1CCN(c2ccc(-c3nn4cc(Br)ccc4c3C#N)cc2)CC1. The second-order valence-electron chi connectivity index (χ2n) is 6.58. The second kappa shape index (κ2) is 7.49. The van der Waals surface area contributed by atoms with Crippen LogP contribution in [0.25, 0.3) is 16.8 Å². The van der Waals surface area contributed by atoms with Crippen molar-refractivity contribution in [3.63, 3.8) is 0 Å². The number of carbonyl (C=O) groups is 1. The summed E-state index contributed by atoms with van der Waals surface area (Å²) in [6.07, 6.45) is 3.21. The van der Waals surface area contributed by atoms with E-state index in [1.165, 1.54) is 6.08 Å². The third-order valence-electron chi connectivity index (χ3n) is 4.98. The molecule has 1 amide bonds. The van der Waals surface area contributed by atoms with Crippen LogP contribution in [0.1, 0.15) is 5.56 Å². The van der Waals surface area contributed by atoms with Crippen molar-refractivity contribution in [2.45, 2.75) is 0 Å². The van der Waals surface area contributed by atoms with Crippen LogP contribution in [-0.4, -0.2) is 46.6 Å². The number of aromatic nitrogens is 2. The average molecular weight is 436 g/mol. The molecule has 0 spiro atoms. The topological polar surface area (TPSA) is 64.6 Å². The molecule has 4 rings (SSSR count). The zero-order valence-corrected chi connectivity index (χ0v) is 16.8. The van der Waals surface area contributed by atoms with Gasteiger partial charge < -0.3 is 9.80 Å². The quantitative estimate of drug-likeness (QED) is 0.590. The standard InChI is InChI=1S/C21H18BrN5O/c1-2-20(28)26-11-9-25(10-12-26)17-6-3-15(4-7-17)21-18(13-23)19-8-5-16(22)14-27(19)24-21/h2-8,14H,1,9-12H2. The lowest BCUT2D eigenvalue weighted by Gasteiger charge is -2.35. The Morgan fingerprint density at radius 1 is 1.14 bits per heavy atom. The van der Waals surface area contributed by atoms with Crippen molar-refractivity contribution in [3.8, 4) is 17.3 Å². The minimum Gasteiger partial charge on any atom is -0.368 e. The van der Waals surface area contributed by atoms with Crippen molar-refractivity contribution >= 4 is 33.0 Å². The maximum Gasteiger partial charge on any atom is 0.246 e. The molecule has 0 unspecified atom stereocenters. The normalized spacial score (nSPS) is 14.1. The molecule has 6 nitrogen and oxygen atoms in total. The van der Waals surface area contributed by atoms with Gasteiger partial charge in [-0.25, -0.2) is 4.52 Å². The molecule has 0 atom stereocenters. The Morgan fingerprint density at radius 2 is 1.86 bits per heavy atom. The first-order valence-electron chi connectivity index (χ1n) is 8.95. The van der Waals surface area contributed by atoms with Crippen LogP contribution in [0, 0.1) is 11.3 Å². The smallest absolute Gasteiger partial charge is 0.246 e. The van der Waals surface area contributed by atoms with E-state index in [0.29, 0.717) is 24.3 Å². The Labute approximate surface area is 171 Å². The number of benzene rings is 1. The van der Waals surface area contributed by atoms with Crippen molar-refractivity contribution in [1.82, 2.24) is 14.5 Å². The van der Waals surface area contributed by atoms with Crippen LogP contribution in [0.2, 0.25) is 0 Å². The predicted octanol–water partition coefficient (Wildman–Crippen LogP) is 3.47. The first-order valence-corrected chi connectivity index (χ1v) is 9.74. The lowest BCUT2D eigenvalue weighted by molar-refractivity contribution is -0.126. The van der Waals surface area contributed by atoms with Gasteiger partial charge in [-0.3, -0.25) is 4.79 Å². The number of amides is 1. The molecule has 2 aromatic heterocycles. The number of rotatable bonds is 3. The molecule has 28 heavy (non-hydrogen) atoms. The maximum absolute atomic E-state index is 11.7. The number of carbonyl (C=O) groups excluding carboxylic acids is 1. The number of fused-ring (bicyclic) bond motifs is 1. The molecule has 1 saturated heterocycles. The van der Waals surface area contributed by atoms with Crippen LogP contribution in [0.5, 0.6) is 0 Å². The molecule has 0 bridgehead atoms. The molecule has 3 heterocycles. The van der Waals surface area contributed by atoms with E-state index < -0.39 is 0 Å². The molecule has 7 heteroatoms. The zero-order chi connectivity index (χ0) is 19.7. The number of piperazine rings is 1. The number of nitriles is 1. The Kier molecular flexibility index (Phi) is 4.88. The van der Waals surface area contributed by atoms with E-state index in [-0.39, 0.29) is 5.91 Å². The van der Waals surface area contributed by atoms with Gasteiger partial charge in [0.25, 0.3) is 0 Å². The number of halogens is 1. The molecular weight excluding hydrogens is 418 g/mol. The highest BCUT2D eigenvalue weighted by Crippen LogP contribution is 2.28. The predicted molar refractivity (Wildman–Crippen MR) is 112 cm³/mol. The van der Waals surface area contributed by atoms with E-state index >= 15 is 0 Å². The van der Waals surface area contributed by atoms with E-state index in [9.17, 15) is 10.1 Å². The number of anilines is 1. The van der Waals surface area contributed by atoms with Crippen molar-refractivity contribution < 1.29 is 4.79 Å². The highest BCUT2D eigenvalue weighted by molar-refractivity contribution is 9.10. The summed E-state index contributed by atoms with van der Waals surface area (Å²) in [5, 5.41) is 14.2. The number of pyridine rings is 1. The van der Waals surface area contributed by atoms with Crippen LogP contribution in [0.3, 0.4) is 0 Å². The van der Waals surface area contributed by atoms with Crippen LogP contribution in [0.4, 0.5) is 5.69 Å². The number of nitrogens with zero attached hydrogens (tertiary/aromatic N) is 5. The maximum atomic E-state index is 11.7. The Balaban J connectivity index is 1.58. The second-order valence-corrected chi connectivity index (χ2v) is 7.49. The Morgan fingerprint density at radius 3 is 2.50 bits per heavy atom. The van der Waals surface area contributed by atoms with Crippen molar-refractivity contribution in [2.75, 3.05) is 31.1 Å². The van der Waals surface area contributed by atoms with Gasteiger partial charge in [0.05, 0.1) is 5.52 Å². The van der Waals surface area contributed by atoms with Gasteiger partial charge in [0.1, 0.15) is 17.3 Å². The molecule has 0 saturated carbocycles. The van der Waals surface area contributed by atoms with Crippen molar-refractivity contribution in [3.05, 3.63) is 65.3 Å². The van der Waals surface area contributed by atoms with Gasteiger partial charge in [0, 0.05) is 48.1 Å². The zero-order valence-electron chi connectivity index (χ0n) is 15.2. The largest absolute Gasteiger partial charge is 0.368 e. The fourth-order valence-corrected chi connectivity index (χ4v) is 3.81. The molecule has 3 aromatic rings. The average Bonchev–Trinajstić information content (AvgIpc) is 3.11. The first-order chi connectivity index (χ1) is 13.6. The molecule has 0 aliphatic carbocycles. The summed E-state index contributed by atoms with van der Waals surface area (Å²) in [6.45, 7) is 6.49. The molecule has 1 aromatic carbocycles. The van der Waals surface area contributed by atoms with Crippen molar-refractivity contribution in [2.24, 2.45) is 0 Å². The Bertz CT molecular complexity index is 1090.